The molecule has 0 atom stereocenters. The van der Waals surface area contributed by atoms with E-state index < -0.39 is 0 Å². The Morgan fingerprint density at radius 2 is 2.11 bits per heavy atom. The molecule has 2 nitrogen and oxygen atoms in total. The lowest BCUT2D eigenvalue weighted by Gasteiger charge is -2.08. The van der Waals surface area contributed by atoms with Gasteiger partial charge in [-0.15, -0.1) is 0 Å². The third kappa shape index (κ3) is 5.07. The van der Waals surface area contributed by atoms with E-state index in [1.165, 1.54) is 6.21 Å². The molecule has 0 amide bonds. The Morgan fingerprint density at radius 1 is 1.56 bits per heavy atom. The van der Waals surface area contributed by atoms with Crippen LogP contribution in [0.2, 0.25) is 0 Å². The number of rotatable bonds is 3. The summed E-state index contributed by atoms with van der Waals surface area (Å²) in [5.74, 6) is 0. The van der Waals surface area contributed by atoms with E-state index in [4.69, 9.17) is 5.41 Å². The van der Waals surface area contributed by atoms with Crippen LogP contribution < -0.4 is 5.32 Å². The van der Waals surface area contributed by atoms with Crippen molar-refractivity contribution in [3.05, 3.63) is 11.8 Å². The standard InChI is InChI=1S/C7H14N2/c1-6(2)9-7(3)4-5-8/h4-6,8-9H,1-3H3/b7-4-,8-5?. The first-order chi connectivity index (χ1) is 4.16. The van der Waals surface area contributed by atoms with Crippen LogP contribution in [0.3, 0.4) is 0 Å². The second-order valence-corrected chi connectivity index (χ2v) is 2.32. The molecule has 52 valence electrons. The fourth-order valence-corrected chi connectivity index (χ4v) is 0.628. The Kier molecular flexibility index (Phi) is 3.76. The summed E-state index contributed by atoms with van der Waals surface area (Å²) in [5, 5.41) is 9.89. The number of hydrogen-bond donors (Lipinski definition) is 2. The fraction of sp³-hybridized carbons (Fsp3) is 0.571. The van der Waals surface area contributed by atoms with Crippen LogP contribution >= 0.6 is 0 Å². The lowest BCUT2D eigenvalue weighted by Crippen LogP contribution is -2.20. The molecule has 0 saturated carbocycles. The largest absolute Gasteiger partial charge is 0.386 e. The van der Waals surface area contributed by atoms with Crippen LogP contribution in [-0.2, 0) is 0 Å². The molecule has 0 radical (unpaired) electrons. The number of nitrogens with one attached hydrogen (secondary N) is 2. The first-order valence-electron chi connectivity index (χ1n) is 3.10. The quantitative estimate of drug-likeness (QED) is 0.553. The smallest absolute Gasteiger partial charge is 0.0201 e. The Bertz CT molecular complexity index is 114. The van der Waals surface area contributed by atoms with Crippen LogP contribution in [0.5, 0.6) is 0 Å². The first kappa shape index (κ1) is 8.21. The molecule has 2 N–H and O–H groups in total. The van der Waals surface area contributed by atoms with Crippen molar-refractivity contribution in [3.8, 4) is 0 Å². The number of allylic oxidation sites excluding steroid dienone is 2. The van der Waals surface area contributed by atoms with Crippen molar-refractivity contribution in [2.45, 2.75) is 26.8 Å². The van der Waals surface area contributed by atoms with E-state index >= 15 is 0 Å². The molecule has 0 heterocycles. The maximum atomic E-state index is 6.74. The Hall–Kier alpha value is -0.790. The molecule has 0 bridgehead atoms. The third-order valence-electron chi connectivity index (χ3n) is 0.850. The van der Waals surface area contributed by atoms with Gasteiger partial charge in [-0.25, -0.2) is 0 Å². The maximum absolute atomic E-state index is 6.74. The van der Waals surface area contributed by atoms with Gasteiger partial charge in [-0.2, -0.15) is 0 Å². The van der Waals surface area contributed by atoms with Crippen LogP contribution in [0.15, 0.2) is 11.8 Å². The topological polar surface area (TPSA) is 35.9 Å². The van der Waals surface area contributed by atoms with Gasteiger partial charge in [0.2, 0.25) is 0 Å². The molecule has 0 aliphatic carbocycles. The van der Waals surface area contributed by atoms with Crippen LogP contribution in [0.25, 0.3) is 0 Å². The van der Waals surface area contributed by atoms with E-state index in [0.717, 1.165) is 5.70 Å². The Balaban J connectivity index is 3.61. The molecule has 0 aliphatic heterocycles. The lowest BCUT2D eigenvalue weighted by atomic mass is 10.3. The van der Waals surface area contributed by atoms with Gasteiger partial charge < -0.3 is 10.7 Å². The monoisotopic (exact) mass is 126 g/mol. The zero-order chi connectivity index (χ0) is 7.28. The summed E-state index contributed by atoms with van der Waals surface area (Å²) < 4.78 is 0. The predicted octanol–water partition coefficient (Wildman–Crippen LogP) is 1.54. The van der Waals surface area contributed by atoms with Crippen molar-refractivity contribution in [2.75, 3.05) is 0 Å². The second kappa shape index (κ2) is 4.13. The first-order valence-corrected chi connectivity index (χ1v) is 3.10. The fourth-order valence-electron chi connectivity index (χ4n) is 0.628. The molecule has 0 spiro atoms. The van der Waals surface area contributed by atoms with Gasteiger partial charge in [0.15, 0.2) is 0 Å². The zero-order valence-electron chi connectivity index (χ0n) is 6.23. The van der Waals surface area contributed by atoms with Gasteiger partial charge >= 0.3 is 0 Å². The second-order valence-electron chi connectivity index (χ2n) is 2.32. The summed E-state index contributed by atoms with van der Waals surface area (Å²) in [7, 11) is 0. The van der Waals surface area contributed by atoms with E-state index in [2.05, 4.69) is 19.2 Å². The summed E-state index contributed by atoms with van der Waals surface area (Å²) >= 11 is 0. The van der Waals surface area contributed by atoms with Gasteiger partial charge in [-0.1, -0.05) is 0 Å². The van der Waals surface area contributed by atoms with Crippen molar-refractivity contribution in [1.82, 2.24) is 5.32 Å². The third-order valence-corrected chi connectivity index (χ3v) is 0.850. The minimum Gasteiger partial charge on any atom is -0.386 e. The summed E-state index contributed by atoms with van der Waals surface area (Å²) in [5.41, 5.74) is 1.04. The highest BCUT2D eigenvalue weighted by atomic mass is 14.9. The lowest BCUT2D eigenvalue weighted by molar-refractivity contribution is 0.670. The Labute approximate surface area is 56.5 Å². The highest BCUT2D eigenvalue weighted by Gasteiger charge is 1.88. The molecular weight excluding hydrogens is 112 g/mol. The van der Waals surface area contributed by atoms with E-state index in [1.807, 2.05) is 6.92 Å². The van der Waals surface area contributed by atoms with Crippen molar-refractivity contribution in [1.29, 1.82) is 5.41 Å². The van der Waals surface area contributed by atoms with E-state index in [-0.39, 0.29) is 0 Å². The van der Waals surface area contributed by atoms with E-state index in [0.29, 0.717) is 6.04 Å². The molecule has 0 aromatic rings. The van der Waals surface area contributed by atoms with Crippen LogP contribution in [0.1, 0.15) is 20.8 Å². The normalized spacial score (nSPS) is 11.8. The predicted molar refractivity (Wildman–Crippen MR) is 40.8 cm³/mol. The molecule has 0 aromatic carbocycles. The average Bonchev–Trinajstić information content (AvgIpc) is 1.63. The zero-order valence-corrected chi connectivity index (χ0v) is 6.23. The highest BCUT2D eigenvalue weighted by Crippen LogP contribution is 1.86. The SMILES string of the molecule is C/C(=C/C=N)NC(C)C. The van der Waals surface area contributed by atoms with Crippen molar-refractivity contribution in [2.24, 2.45) is 0 Å². The minimum absolute atomic E-state index is 0.459. The maximum Gasteiger partial charge on any atom is 0.0201 e. The van der Waals surface area contributed by atoms with Gasteiger partial charge in [0.25, 0.3) is 0 Å². The summed E-state index contributed by atoms with van der Waals surface area (Å²) in [6.07, 6.45) is 3.02. The Morgan fingerprint density at radius 3 is 2.44 bits per heavy atom. The molecule has 0 saturated heterocycles. The summed E-state index contributed by atoms with van der Waals surface area (Å²) in [6, 6.07) is 0.459. The molecule has 0 aliphatic rings. The van der Waals surface area contributed by atoms with Crippen molar-refractivity contribution in [3.63, 3.8) is 0 Å². The van der Waals surface area contributed by atoms with Crippen molar-refractivity contribution < 1.29 is 0 Å². The van der Waals surface area contributed by atoms with Crippen molar-refractivity contribution >= 4 is 6.21 Å². The molecule has 0 rings (SSSR count). The minimum atomic E-state index is 0.459. The van der Waals surface area contributed by atoms with Gasteiger partial charge in [-0.05, 0) is 26.8 Å². The van der Waals surface area contributed by atoms with Crippen LogP contribution in [0.4, 0.5) is 0 Å². The summed E-state index contributed by atoms with van der Waals surface area (Å²) in [6.45, 7) is 6.09. The summed E-state index contributed by atoms with van der Waals surface area (Å²) in [4.78, 5) is 0. The molecule has 0 fully saturated rings. The van der Waals surface area contributed by atoms with Gasteiger partial charge in [-0.3, -0.25) is 0 Å². The molecule has 9 heavy (non-hydrogen) atoms. The molecule has 2 heteroatoms. The number of hydrogen-bond acceptors (Lipinski definition) is 2. The molecule has 0 unspecified atom stereocenters. The molecular formula is C7H14N2. The van der Waals surface area contributed by atoms with E-state index in [1.54, 1.807) is 6.08 Å². The molecule has 0 aromatic heterocycles. The van der Waals surface area contributed by atoms with Gasteiger partial charge in [0, 0.05) is 18.0 Å². The van der Waals surface area contributed by atoms with Gasteiger partial charge in [0.05, 0.1) is 0 Å². The van der Waals surface area contributed by atoms with Crippen LogP contribution in [0, 0.1) is 5.41 Å². The average molecular weight is 126 g/mol. The van der Waals surface area contributed by atoms with Gasteiger partial charge in [0.1, 0.15) is 0 Å². The van der Waals surface area contributed by atoms with Crippen LogP contribution in [-0.4, -0.2) is 12.3 Å². The van der Waals surface area contributed by atoms with E-state index in [9.17, 15) is 0 Å². The highest BCUT2D eigenvalue weighted by molar-refractivity contribution is 5.68.